The molecule has 7 nitrogen and oxygen atoms in total. The molecule has 2 aromatic rings. The number of imide groups is 1. The van der Waals surface area contributed by atoms with Crippen molar-refractivity contribution in [1.82, 2.24) is 19.7 Å². The largest absolute Gasteiger partial charge is 0.369 e. The highest BCUT2D eigenvalue weighted by Gasteiger charge is 2.30. The van der Waals surface area contributed by atoms with Crippen molar-refractivity contribution in [1.29, 1.82) is 0 Å². The van der Waals surface area contributed by atoms with Crippen LogP contribution in [-0.4, -0.2) is 83.9 Å². The van der Waals surface area contributed by atoms with Crippen LogP contribution in [0.2, 0.25) is 0 Å². The Morgan fingerprint density at radius 1 is 0.839 bits per heavy atom. The molecule has 0 atom stereocenters. The summed E-state index contributed by atoms with van der Waals surface area (Å²) in [4.78, 5) is 37.1. The highest BCUT2D eigenvalue weighted by atomic mass is 19.1. The van der Waals surface area contributed by atoms with Gasteiger partial charge < -0.3 is 4.90 Å². The Balaban J connectivity index is 1.18. The standard InChI is InChI=1S/C23H28FN5O2/c24-19-5-7-21(8-6-19)28-14-12-26(13-15-28)10-3-11-29-22(30)17-27(18-23(29)31)16-20-4-1-2-9-25-20/h1-2,4-9H,3,10-18H2. The Labute approximate surface area is 182 Å². The van der Waals surface area contributed by atoms with Gasteiger partial charge in [-0.25, -0.2) is 4.39 Å². The Kier molecular flexibility index (Phi) is 6.89. The molecule has 8 heteroatoms. The molecule has 2 fully saturated rings. The number of carbonyl (C=O) groups excluding carboxylic acids is 2. The summed E-state index contributed by atoms with van der Waals surface area (Å²) < 4.78 is 13.1. The van der Waals surface area contributed by atoms with E-state index in [-0.39, 0.29) is 30.7 Å². The fourth-order valence-electron chi connectivity index (χ4n) is 4.16. The molecule has 2 aliphatic rings. The molecule has 2 aliphatic heterocycles. The zero-order valence-electron chi connectivity index (χ0n) is 17.6. The number of amides is 2. The lowest BCUT2D eigenvalue weighted by atomic mass is 10.2. The van der Waals surface area contributed by atoms with E-state index in [1.807, 2.05) is 35.2 Å². The second-order valence-corrected chi connectivity index (χ2v) is 8.06. The molecule has 0 unspecified atom stereocenters. The molecule has 1 aromatic carbocycles. The van der Waals surface area contributed by atoms with E-state index in [0.717, 1.165) is 50.5 Å². The van der Waals surface area contributed by atoms with Gasteiger partial charge in [0.2, 0.25) is 11.8 Å². The zero-order valence-corrected chi connectivity index (χ0v) is 17.6. The number of aromatic nitrogens is 1. The highest BCUT2D eigenvalue weighted by Crippen LogP contribution is 2.17. The first-order chi connectivity index (χ1) is 15.1. The summed E-state index contributed by atoms with van der Waals surface area (Å²) in [6.07, 6.45) is 2.49. The minimum Gasteiger partial charge on any atom is -0.369 e. The predicted octanol–water partition coefficient (Wildman–Crippen LogP) is 1.60. The third-order valence-corrected chi connectivity index (χ3v) is 5.85. The zero-order chi connectivity index (χ0) is 21.6. The van der Waals surface area contributed by atoms with Crippen molar-refractivity contribution in [3.05, 3.63) is 60.2 Å². The van der Waals surface area contributed by atoms with E-state index in [2.05, 4.69) is 14.8 Å². The van der Waals surface area contributed by atoms with E-state index in [1.165, 1.54) is 17.0 Å². The SMILES string of the molecule is O=C1CN(Cc2ccccn2)CC(=O)N1CCCN1CCN(c2ccc(F)cc2)CC1. The van der Waals surface area contributed by atoms with Crippen LogP contribution < -0.4 is 4.90 Å². The maximum absolute atomic E-state index is 13.1. The molecule has 164 valence electrons. The molecule has 0 bridgehead atoms. The van der Waals surface area contributed by atoms with Crippen molar-refractivity contribution in [3.8, 4) is 0 Å². The molecule has 0 N–H and O–H groups in total. The number of benzene rings is 1. The molecule has 0 radical (unpaired) electrons. The molecule has 31 heavy (non-hydrogen) atoms. The summed E-state index contributed by atoms with van der Waals surface area (Å²) in [5.41, 5.74) is 1.90. The molecule has 3 heterocycles. The van der Waals surface area contributed by atoms with Crippen LogP contribution in [0.3, 0.4) is 0 Å². The Hall–Kier alpha value is -2.84. The van der Waals surface area contributed by atoms with Crippen molar-refractivity contribution < 1.29 is 14.0 Å². The first kappa shape index (κ1) is 21.4. The molecule has 0 aliphatic carbocycles. The minimum absolute atomic E-state index is 0.131. The van der Waals surface area contributed by atoms with E-state index in [1.54, 1.807) is 6.20 Å². The summed E-state index contributed by atoms with van der Waals surface area (Å²) >= 11 is 0. The van der Waals surface area contributed by atoms with Crippen LogP contribution in [0, 0.1) is 5.82 Å². The number of hydrogen-bond acceptors (Lipinski definition) is 6. The number of rotatable bonds is 7. The van der Waals surface area contributed by atoms with Gasteiger partial charge in [0.15, 0.2) is 0 Å². The predicted molar refractivity (Wildman–Crippen MR) is 116 cm³/mol. The van der Waals surface area contributed by atoms with Gasteiger partial charge in [-0.05, 0) is 49.4 Å². The van der Waals surface area contributed by atoms with Crippen LogP contribution in [0.15, 0.2) is 48.7 Å². The number of anilines is 1. The maximum atomic E-state index is 13.1. The van der Waals surface area contributed by atoms with Gasteiger partial charge in [0.1, 0.15) is 5.82 Å². The van der Waals surface area contributed by atoms with Gasteiger partial charge in [0.25, 0.3) is 0 Å². The van der Waals surface area contributed by atoms with Gasteiger partial charge in [0.05, 0.1) is 18.8 Å². The van der Waals surface area contributed by atoms with Crippen LogP contribution in [-0.2, 0) is 16.1 Å². The van der Waals surface area contributed by atoms with Crippen LogP contribution in [0.1, 0.15) is 12.1 Å². The number of hydrogen-bond donors (Lipinski definition) is 0. The number of carbonyl (C=O) groups is 2. The fraction of sp³-hybridized carbons (Fsp3) is 0.435. The van der Waals surface area contributed by atoms with Crippen LogP contribution in [0.4, 0.5) is 10.1 Å². The average Bonchev–Trinajstić information content (AvgIpc) is 2.77. The quantitative estimate of drug-likeness (QED) is 0.628. The average molecular weight is 426 g/mol. The Bertz CT molecular complexity index is 867. The minimum atomic E-state index is -0.218. The highest BCUT2D eigenvalue weighted by molar-refractivity contribution is 5.99. The van der Waals surface area contributed by atoms with E-state index in [9.17, 15) is 14.0 Å². The third-order valence-electron chi connectivity index (χ3n) is 5.85. The maximum Gasteiger partial charge on any atom is 0.243 e. The van der Waals surface area contributed by atoms with Crippen molar-refractivity contribution in [3.63, 3.8) is 0 Å². The lowest BCUT2D eigenvalue weighted by Crippen LogP contribution is -2.54. The lowest BCUT2D eigenvalue weighted by Gasteiger charge is -2.37. The summed E-state index contributed by atoms with van der Waals surface area (Å²) in [6.45, 7) is 5.92. The van der Waals surface area contributed by atoms with Crippen molar-refractivity contribution in [2.45, 2.75) is 13.0 Å². The molecular formula is C23H28FN5O2. The van der Waals surface area contributed by atoms with Crippen LogP contribution in [0.25, 0.3) is 0 Å². The summed E-state index contributed by atoms with van der Waals surface area (Å²) in [7, 11) is 0. The second kappa shape index (κ2) is 9.98. The lowest BCUT2D eigenvalue weighted by molar-refractivity contribution is -0.151. The van der Waals surface area contributed by atoms with Gasteiger partial charge in [-0.2, -0.15) is 0 Å². The number of piperazine rings is 2. The number of pyridine rings is 1. The third kappa shape index (κ3) is 5.65. The molecule has 1 aromatic heterocycles. The van der Waals surface area contributed by atoms with Crippen molar-refractivity contribution in [2.75, 3.05) is 57.3 Å². The van der Waals surface area contributed by atoms with Gasteiger partial charge in [0, 0.05) is 51.2 Å². The summed E-state index contributed by atoms with van der Waals surface area (Å²) in [5.74, 6) is -0.481. The van der Waals surface area contributed by atoms with Crippen molar-refractivity contribution >= 4 is 17.5 Å². The van der Waals surface area contributed by atoms with E-state index in [0.29, 0.717) is 13.1 Å². The number of nitrogens with zero attached hydrogens (tertiary/aromatic N) is 5. The van der Waals surface area contributed by atoms with E-state index in [4.69, 9.17) is 0 Å². The summed E-state index contributed by atoms with van der Waals surface area (Å²) in [5, 5.41) is 0. The fourth-order valence-corrected chi connectivity index (χ4v) is 4.16. The Morgan fingerprint density at radius 3 is 2.19 bits per heavy atom. The molecule has 0 spiro atoms. The van der Waals surface area contributed by atoms with Gasteiger partial charge in [-0.1, -0.05) is 6.07 Å². The molecule has 4 rings (SSSR count). The summed E-state index contributed by atoms with van der Waals surface area (Å²) in [6, 6.07) is 12.3. The number of halogens is 1. The monoisotopic (exact) mass is 425 g/mol. The van der Waals surface area contributed by atoms with Crippen molar-refractivity contribution in [2.24, 2.45) is 0 Å². The van der Waals surface area contributed by atoms with E-state index >= 15 is 0 Å². The van der Waals surface area contributed by atoms with Crippen LogP contribution >= 0.6 is 0 Å². The normalized spacial score (nSPS) is 18.6. The smallest absolute Gasteiger partial charge is 0.243 e. The second-order valence-electron chi connectivity index (χ2n) is 8.06. The first-order valence-electron chi connectivity index (χ1n) is 10.8. The van der Waals surface area contributed by atoms with Crippen LogP contribution in [0.5, 0.6) is 0 Å². The molecule has 2 saturated heterocycles. The molecule has 2 amide bonds. The van der Waals surface area contributed by atoms with E-state index < -0.39 is 0 Å². The topological polar surface area (TPSA) is 60.0 Å². The van der Waals surface area contributed by atoms with Gasteiger partial charge in [-0.15, -0.1) is 0 Å². The van der Waals surface area contributed by atoms with Gasteiger partial charge in [-0.3, -0.25) is 29.3 Å². The molecular weight excluding hydrogens is 397 g/mol. The van der Waals surface area contributed by atoms with Gasteiger partial charge >= 0.3 is 0 Å². The first-order valence-corrected chi connectivity index (χ1v) is 10.8. The molecule has 0 saturated carbocycles. The Morgan fingerprint density at radius 2 is 1.55 bits per heavy atom.